The Morgan fingerprint density at radius 1 is 1.91 bits per heavy atom. The molecule has 62 valence electrons. The van der Waals surface area contributed by atoms with E-state index in [1.807, 2.05) is 6.92 Å². The third-order valence-electron chi connectivity index (χ3n) is 1.52. The summed E-state index contributed by atoms with van der Waals surface area (Å²) in [6.07, 6.45) is 0. The van der Waals surface area contributed by atoms with Crippen molar-refractivity contribution in [2.24, 2.45) is 0 Å². The Bertz CT molecular complexity index is 205. The molecule has 1 aliphatic heterocycles. The highest BCUT2D eigenvalue weighted by atomic mass is 127. The molecule has 1 unspecified atom stereocenters. The Hall–Kier alpha value is -0.100. The largest absolute Gasteiger partial charge is 0.350 e. The molecular weight excluding hydrogens is 257 g/mol. The lowest BCUT2D eigenvalue weighted by molar-refractivity contribution is -0.133. The van der Waals surface area contributed by atoms with E-state index in [9.17, 15) is 4.79 Å². The number of hydrogen-bond donors (Lipinski definition) is 1. The van der Waals surface area contributed by atoms with Gasteiger partial charge in [0.2, 0.25) is 0 Å². The van der Waals surface area contributed by atoms with Gasteiger partial charge in [-0.3, -0.25) is 4.79 Å². The van der Waals surface area contributed by atoms with Crippen LogP contribution in [0.15, 0.2) is 12.2 Å². The second-order valence-electron chi connectivity index (χ2n) is 2.71. The van der Waals surface area contributed by atoms with Gasteiger partial charge >= 0.3 is 0 Å². The molecule has 1 amide bonds. The van der Waals surface area contributed by atoms with Gasteiger partial charge in [0, 0.05) is 10.0 Å². The summed E-state index contributed by atoms with van der Waals surface area (Å²) >= 11 is 2.17. The highest BCUT2D eigenvalue weighted by molar-refractivity contribution is 14.1. The third-order valence-corrected chi connectivity index (χ3v) is 2.97. The van der Waals surface area contributed by atoms with E-state index in [-0.39, 0.29) is 5.91 Å². The van der Waals surface area contributed by atoms with Crippen LogP contribution in [0.3, 0.4) is 0 Å². The van der Waals surface area contributed by atoms with Crippen LogP contribution < -0.4 is 5.32 Å². The number of halogens is 1. The summed E-state index contributed by atoms with van der Waals surface area (Å²) in [7, 11) is 0. The number of amides is 1. The first-order valence-electron chi connectivity index (χ1n) is 3.27. The van der Waals surface area contributed by atoms with Crippen LogP contribution in [0.2, 0.25) is 0 Å². The maximum Gasteiger partial charge on any atom is 0.251 e. The first-order chi connectivity index (χ1) is 5.07. The van der Waals surface area contributed by atoms with Gasteiger partial charge in [0.15, 0.2) is 0 Å². The van der Waals surface area contributed by atoms with Crippen LogP contribution in [0.25, 0.3) is 0 Å². The van der Waals surface area contributed by atoms with Crippen LogP contribution >= 0.6 is 22.6 Å². The molecule has 4 heteroatoms. The molecule has 11 heavy (non-hydrogen) atoms. The number of ether oxygens (including phenoxy) is 1. The van der Waals surface area contributed by atoms with Gasteiger partial charge in [0.05, 0.1) is 6.61 Å². The minimum atomic E-state index is -0.501. The molecule has 1 saturated heterocycles. The molecule has 0 aromatic carbocycles. The molecule has 1 heterocycles. The predicted molar refractivity (Wildman–Crippen MR) is 50.5 cm³/mol. The number of rotatable bonds is 1. The fourth-order valence-electron chi connectivity index (χ4n) is 0.749. The molecule has 0 aromatic heterocycles. The molecule has 1 N–H and O–H groups in total. The first-order valence-corrected chi connectivity index (χ1v) is 4.80. The van der Waals surface area contributed by atoms with Crippen LogP contribution in [-0.4, -0.2) is 22.7 Å². The fraction of sp³-hybridized carbons (Fsp3) is 0.571. The van der Waals surface area contributed by atoms with Crippen molar-refractivity contribution in [2.45, 2.75) is 12.6 Å². The normalized spacial score (nSPS) is 31.8. The standard InChI is InChI=1S/C7H10INO2/c1-5-3-11-7(2,4-8)9-6(5)10/h1,3-4H2,2H3,(H,9,10). The minimum Gasteiger partial charge on any atom is -0.350 e. The summed E-state index contributed by atoms with van der Waals surface area (Å²) in [5.74, 6) is -0.101. The average molecular weight is 267 g/mol. The maximum absolute atomic E-state index is 11.1. The lowest BCUT2D eigenvalue weighted by atomic mass is 10.2. The maximum atomic E-state index is 11.1. The van der Waals surface area contributed by atoms with Crippen LogP contribution in [0.1, 0.15) is 6.92 Å². The second-order valence-corrected chi connectivity index (χ2v) is 3.47. The van der Waals surface area contributed by atoms with Gasteiger partial charge in [0.1, 0.15) is 5.72 Å². The van der Waals surface area contributed by atoms with Gasteiger partial charge in [-0.25, -0.2) is 0 Å². The Kier molecular flexibility index (Phi) is 2.54. The minimum absolute atomic E-state index is 0.101. The molecular formula is C7H10INO2. The second kappa shape index (κ2) is 3.10. The summed E-state index contributed by atoms with van der Waals surface area (Å²) in [5, 5.41) is 2.72. The number of nitrogens with one attached hydrogen (secondary N) is 1. The van der Waals surface area contributed by atoms with Crippen molar-refractivity contribution in [2.75, 3.05) is 11.0 Å². The Morgan fingerprint density at radius 2 is 2.55 bits per heavy atom. The molecule has 0 spiro atoms. The van der Waals surface area contributed by atoms with Crippen LogP contribution in [0.4, 0.5) is 0 Å². The molecule has 0 aromatic rings. The molecule has 1 aliphatic rings. The summed E-state index contributed by atoms with van der Waals surface area (Å²) < 4.78 is 6.10. The van der Waals surface area contributed by atoms with Gasteiger partial charge in [-0.1, -0.05) is 29.2 Å². The number of carbonyl (C=O) groups excluding carboxylic acids is 1. The van der Waals surface area contributed by atoms with E-state index >= 15 is 0 Å². The average Bonchev–Trinajstić information content (AvgIpc) is 1.98. The smallest absolute Gasteiger partial charge is 0.251 e. The number of hydrogen-bond acceptors (Lipinski definition) is 2. The fourth-order valence-corrected chi connectivity index (χ4v) is 1.16. The lowest BCUT2D eigenvalue weighted by Crippen LogP contribution is -2.54. The highest BCUT2D eigenvalue weighted by Gasteiger charge is 2.31. The van der Waals surface area contributed by atoms with Gasteiger partial charge in [0.25, 0.3) is 5.91 Å². The van der Waals surface area contributed by atoms with Crippen LogP contribution in [-0.2, 0) is 9.53 Å². The van der Waals surface area contributed by atoms with E-state index in [2.05, 4.69) is 34.5 Å². The van der Waals surface area contributed by atoms with Gasteiger partial charge in [-0.15, -0.1) is 0 Å². The summed E-state index contributed by atoms with van der Waals surface area (Å²) in [6.45, 7) is 5.75. The van der Waals surface area contributed by atoms with E-state index in [0.29, 0.717) is 12.2 Å². The van der Waals surface area contributed by atoms with E-state index in [4.69, 9.17) is 4.74 Å². The van der Waals surface area contributed by atoms with Gasteiger partial charge in [-0.05, 0) is 6.92 Å². The summed E-state index contributed by atoms with van der Waals surface area (Å²) in [6, 6.07) is 0. The van der Waals surface area contributed by atoms with Crippen molar-refractivity contribution in [3.05, 3.63) is 12.2 Å². The predicted octanol–water partition coefficient (Wildman–Crippen LogP) is 0.840. The van der Waals surface area contributed by atoms with Crippen molar-refractivity contribution in [3.63, 3.8) is 0 Å². The van der Waals surface area contributed by atoms with Crippen LogP contribution in [0, 0.1) is 0 Å². The van der Waals surface area contributed by atoms with Gasteiger partial charge < -0.3 is 10.1 Å². The first kappa shape index (κ1) is 8.99. The molecule has 3 nitrogen and oxygen atoms in total. The zero-order valence-electron chi connectivity index (χ0n) is 6.32. The highest BCUT2D eigenvalue weighted by Crippen LogP contribution is 2.16. The molecule has 0 aliphatic carbocycles. The molecule has 0 radical (unpaired) electrons. The zero-order valence-corrected chi connectivity index (χ0v) is 8.47. The number of carbonyl (C=O) groups is 1. The monoisotopic (exact) mass is 267 g/mol. The quantitative estimate of drug-likeness (QED) is 0.434. The SMILES string of the molecule is C=C1COC(C)(CI)NC1=O. The lowest BCUT2D eigenvalue weighted by Gasteiger charge is -2.33. The van der Waals surface area contributed by atoms with E-state index in [1.54, 1.807) is 0 Å². The molecule has 1 atom stereocenters. The molecule has 0 bridgehead atoms. The van der Waals surface area contributed by atoms with Crippen molar-refractivity contribution in [3.8, 4) is 0 Å². The molecule has 1 rings (SSSR count). The van der Waals surface area contributed by atoms with Gasteiger partial charge in [-0.2, -0.15) is 0 Å². The van der Waals surface area contributed by atoms with Crippen molar-refractivity contribution in [1.82, 2.24) is 5.32 Å². The number of alkyl halides is 1. The van der Waals surface area contributed by atoms with E-state index < -0.39 is 5.72 Å². The topological polar surface area (TPSA) is 38.3 Å². The van der Waals surface area contributed by atoms with Crippen molar-refractivity contribution >= 4 is 28.5 Å². The van der Waals surface area contributed by atoms with Crippen molar-refractivity contribution < 1.29 is 9.53 Å². The molecule has 0 saturated carbocycles. The Balaban J connectivity index is 2.66. The van der Waals surface area contributed by atoms with Crippen molar-refractivity contribution in [1.29, 1.82) is 0 Å². The Labute approximate surface area is 79.3 Å². The third kappa shape index (κ3) is 1.93. The zero-order chi connectivity index (χ0) is 8.48. The summed E-state index contributed by atoms with van der Waals surface area (Å²) in [4.78, 5) is 11.1. The van der Waals surface area contributed by atoms with E-state index in [0.717, 1.165) is 4.43 Å². The Morgan fingerprint density at radius 3 is 3.00 bits per heavy atom. The molecule has 1 fully saturated rings. The van der Waals surface area contributed by atoms with Crippen LogP contribution in [0.5, 0.6) is 0 Å². The van der Waals surface area contributed by atoms with E-state index in [1.165, 1.54) is 0 Å². The summed E-state index contributed by atoms with van der Waals surface area (Å²) in [5.41, 5.74) is -0.00826.